The van der Waals surface area contributed by atoms with Gasteiger partial charge < -0.3 is 5.11 Å². The molecule has 0 heterocycles. The Balaban J connectivity index is 3.93. The molecule has 0 aliphatic rings. The molecular formula is C12H12O. The van der Waals surface area contributed by atoms with Gasteiger partial charge in [0.2, 0.25) is 0 Å². The van der Waals surface area contributed by atoms with E-state index in [1.165, 1.54) is 0 Å². The maximum Gasteiger partial charge on any atom is 0.0727 e. The summed E-state index contributed by atoms with van der Waals surface area (Å²) in [6.45, 7) is 3.62. The highest BCUT2D eigenvalue weighted by Crippen LogP contribution is 1.89. The van der Waals surface area contributed by atoms with Gasteiger partial charge >= 0.3 is 0 Å². The zero-order chi connectivity index (χ0) is 9.94. The molecule has 0 amide bonds. The highest BCUT2D eigenvalue weighted by Gasteiger charge is 1.88. The van der Waals surface area contributed by atoms with E-state index in [1.807, 2.05) is 6.92 Å². The maximum absolute atomic E-state index is 9.09. The van der Waals surface area contributed by atoms with E-state index in [4.69, 9.17) is 5.11 Å². The second kappa shape index (κ2) is 8.48. The van der Waals surface area contributed by atoms with Crippen molar-refractivity contribution in [2.45, 2.75) is 26.4 Å². The molecule has 0 saturated carbocycles. The van der Waals surface area contributed by atoms with Crippen molar-refractivity contribution in [2.24, 2.45) is 0 Å². The van der Waals surface area contributed by atoms with Gasteiger partial charge in [-0.15, -0.1) is 0 Å². The van der Waals surface area contributed by atoms with Gasteiger partial charge in [-0.25, -0.2) is 0 Å². The Kier molecular flexibility index (Phi) is 7.42. The molecule has 0 saturated heterocycles. The number of rotatable bonds is 2. The van der Waals surface area contributed by atoms with Crippen LogP contribution in [0.15, 0.2) is 12.2 Å². The first-order valence-corrected chi connectivity index (χ1v) is 4.08. The Morgan fingerprint density at radius 1 is 1.23 bits per heavy atom. The highest BCUT2D eigenvalue weighted by molar-refractivity contribution is 5.37. The Morgan fingerprint density at radius 2 is 1.92 bits per heavy atom. The Bertz CT molecular complexity index is 331. The molecule has 13 heavy (non-hydrogen) atoms. The zero-order valence-electron chi connectivity index (χ0n) is 7.89. The number of hydrogen-bond acceptors (Lipinski definition) is 1. The topological polar surface area (TPSA) is 20.2 Å². The minimum absolute atomic E-state index is 0.405. The number of aliphatic hydroxyl groups excluding tert-OH is 1. The standard InChI is InChI=1S/C12H12O/c1-3-5-6-7-8-9-10-11-12(13)4-2/h10-13H,4H2,1-2H3/b11-10+/t12-/m1/s1. The van der Waals surface area contributed by atoms with Crippen molar-refractivity contribution < 1.29 is 5.11 Å². The van der Waals surface area contributed by atoms with Gasteiger partial charge in [-0.1, -0.05) is 18.8 Å². The van der Waals surface area contributed by atoms with Crippen LogP contribution in [0.25, 0.3) is 0 Å². The fourth-order valence-corrected chi connectivity index (χ4v) is 0.498. The van der Waals surface area contributed by atoms with E-state index in [-0.39, 0.29) is 0 Å². The van der Waals surface area contributed by atoms with Gasteiger partial charge in [-0.3, -0.25) is 0 Å². The Hall–Kier alpha value is -1.62. The van der Waals surface area contributed by atoms with Crippen LogP contribution in [0.2, 0.25) is 0 Å². The van der Waals surface area contributed by atoms with Gasteiger partial charge in [0.25, 0.3) is 0 Å². The third-order valence-electron chi connectivity index (χ3n) is 1.20. The first-order chi connectivity index (χ1) is 6.31. The van der Waals surface area contributed by atoms with Crippen molar-refractivity contribution in [3.8, 4) is 35.5 Å². The minimum atomic E-state index is -0.405. The van der Waals surface area contributed by atoms with Crippen LogP contribution in [0, 0.1) is 35.5 Å². The van der Waals surface area contributed by atoms with E-state index in [0.717, 1.165) is 0 Å². The fourth-order valence-electron chi connectivity index (χ4n) is 0.498. The summed E-state index contributed by atoms with van der Waals surface area (Å²) in [5.41, 5.74) is 0. The Labute approximate surface area is 79.9 Å². The summed E-state index contributed by atoms with van der Waals surface area (Å²) in [4.78, 5) is 0. The van der Waals surface area contributed by atoms with Crippen LogP contribution in [0.1, 0.15) is 20.3 Å². The predicted octanol–water partition coefficient (Wildman–Crippen LogP) is 1.34. The van der Waals surface area contributed by atoms with E-state index in [2.05, 4.69) is 35.5 Å². The quantitative estimate of drug-likeness (QED) is 0.623. The normalized spacial score (nSPS) is 10.1. The van der Waals surface area contributed by atoms with Crippen LogP contribution in [0.4, 0.5) is 0 Å². The minimum Gasteiger partial charge on any atom is -0.389 e. The SMILES string of the molecule is CC#CC#CC#C/C=C/[C@H](O)CC. The first-order valence-electron chi connectivity index (χ1n) is 4.08. The van der Waals surface area contributed by atoms with Crippen molar-refractivity contribution in [2.75, 3.05) is 0 Å². The number of allylic oxidation sites excluding steroid dienone is 1. The second-order valence-corrected chi connectivity index (χ2v) is 2.23. The molecule has 0 rings (SSSR count). The van der Waals surface area contributed by atoms with Crippen LogP contribution in [-0.2, 0) is 0 Å². The van der Waals surface area contributed by atoms with E-state index in [1.54, 1.807) is 19.1 Å². The lowest BCUT2D eigenvalue weighted by molar-refractivity contribution is 0.219. The number of hydrogen-bond donors (Lipinski definition) is 1. The van der Waals surface area contributed by atoms with Gasteiger partial charge in [0.15, 0.2) is 0 Å². The zero-order valence-corrected chi connectivity index (χ0v) is 7.89. The summed E-state index contributed by atoms with van der Waals surface area (Å²) in [5.74, 6) is 15.6. The average Bonchev–Trinajstić information content (AvgIpc) is 2.16. The van der Waals surface area contributed by atoms with E-state index in [0.29, 0.717) is 6.42 Å². The molecule has 0 radical (unpaired) electrons. The summed E-state index contributed by atoms with van der Waals surface area (Å²) in [7, 11) is 0. The summed E-state index contributed by atoms with van der Waals surface area (Å²) < 4.78 is 0. The molecule has 0 fully saturated rings. The summed E-state index contributed by atoms with van der Waals surface area (Å²) >= 11 is 0. The third-order valence-corrected chi connectivity index (χ3v) is 1.20. The lowest BCUT2D eigenvalue weighted by Gasteiger charge is -1.95. The van der Waals surface area contributed by atoms with Crippen molar-refractivity contribution in [1.82, 2.24) is 0 Å². The highest BCUT2D eigenvalue weighted by atomic mass is 16.3. The van der Waals surface area contributed by atoms with Crippen molar-refractivity contribution in [3.05, 3.63) is 12.2 Å². The lowest BCUT2D eigenvalue weighted by Crippen LogP contribution is -1.97. The van der Waals surface area contributed by atoms with Gasteiger partial charge in [0.05, 0.1) is 6.10 Å². The Morgan fingerprint density at radius 3 is 2.54 bits per heavy atom. The molecule has 0 aliphatic heterocycles. The molecule has 1 nitrogen and oxygen atoms in total. The second-order valence-electron chi connectivity index (χ2n) is 2.23. The van der Waals surface area contributed by atoms with Crippen LogP contribution in [0.3, 0.4) is 0 Å². The van der Waals surface area contributed by atoms with E-state index in [9.17, 15) is 0 Å². The molecule has 1 atom stereocenters. The smallest absolute Gasteiger partial charge is 0.0727 e. The number of aliphatic hydroxyl groups is 1. The molecular weight excluding hydrogens is 160 g/mol. The summed E-state index contributed by atoms with van der Waals surface area (Å²) in [5, 5.41) is 9.09. The molecule has 0 aromatic rings. The summed E-state index contributed by atoms with van der Waals surface area (Å²) in [6.07, 6.45) is 3.53. The van der Waals surface area contributed by atoms with Gasteiger partial charge in [-0.05, 0) is 49.2 Å². The van der Waals surface area contributed by atoms with Crippen LogP contribution in [-0.4, -0.2) is 11.2 Å². The molecule has 0 aromatic carbocycles. The van der Waals surface area contributed by atoms with Crippen molar-refractivity contribution >= 4 is 0 Å². The van der Waals surface area contributed by atoms with Gasteiger partial charge in [-0.2, -0.15) is 0 Å². The lowest BCUT2D eigenvalue weighted by atomic mass is 10.2. The van der Waals surface area contributed by atoms with Crippen LogP contribution >= 0.6 is 0 Å². The molecule has 0 spiro atoms. The van der Waals surface area contributed by atoms with E-state index >= 15 is 0 Å². The largest absolute Gasteiger partial charge is 0.389 e. The van der Waals surface area contributed by atoms with Crippen LogP contribution in [0.5, 0.6) is 0 Å². The van der Waals surface area contributed by atoms with E-state index < -0.39 is 6.10 Å². The van der Waals surface area contributed by atoms with Crippen molar-refractivity contribution in [3.63, 3.8) is 0 Å². The van der Waals surface area contributed by atoms with Gasteiger partial charge in [0.1, 0.15) is 0 Å². The molecule has 1 N–H and O–H groups in total. The molecule has 0 unspecified atom stereocenters. The molecule has 0 aromatic heterocycles. The van der Waals surface area contributed by atoms with Crippen LogP contribution < -0.4 is 0 Å². The average molecular weight is 172 g/mol. The van der Waals surface area contributed by atoms with Gasteiger partial charge in [0, 0.05) is 0 Å². The predicted molar refractivity (Wildman–Crippen MR) is 54.4 cm³/mol. The third kappa shape index (κ3) is 8.28. The van der Waals surface area contributed by atoms with Crippen molar-refractivity contribution in [1.29, 1.82) is 0 Å². The molecule has 1 heteroatoms. The maximum atomic E-state index is 9.09. The molecule has 0 aliphatic carbocycles. The summed E-state index contributed by atoms with van der Waals surface area (Å²) in [6, 6.07) is 0. The fraction of sp³-hybridized carbons (Fsp3) is 0.333. The monoisotopic (exact) mass is 172 g/mol. The first kappa shape index (κ1) is 11.4. The molecule has 66 valence electrons. The molecule has 0 bridgehead atoms.